The van der Waals surface area contributed by atoms with E-state index in [0.29, 0.717) is 37.1 Å². The zero-order valence-electron chi connectivity index (χ0n) is 15.7. The summed E-state index contributed by atoms with van der Waals surface area (Å²) in [5, 5.41) is 0. The first-order valence-electron chi connectivity index (χ1n) is 9.73. The maximum absolute atomic E-state index is 13.4. The van der Waals surface area contributed by atoms with Gasteiger partial charge in [0.15, 0.2) is 5.78 Å². The van der Waals surface area contributed by atoms with E-state index in [9.17, 15) is 9.59 Å². The van der Waals surface area contributed by atoms with Gasteiger partial charge in [-0.15, -0.1) is 0 Å². The highest BCUT2D eigenvalue weighted by atomic mass is 16.5. The van der Waals surface area contributed by atoms with Gasteiger partial charge in [0.25, 0.3) is 5.91 Å². The predicted octanol–water partition coefficient (Wildman–Crippen LogP) is 3.95. The smallest absolute Gasteiger partial charge is 0.254 e. The minimum absolute atomic E-state index is 0.00134. The van der Waals surface area contributed by atoms with E-state index in [0.717, 1.165) is 30.6 Å². The van der Waals surface area contributed by atoms with Crippen molar-refractivity contribution in [1.29, 1.82) is 0 Å². The van der Waals surface area contributed by atoms with Gasteiger partial charge in [-0.1, -0.05) is 42.0 Å². The van der Waals surface area contributed by atoms with Gasteiger partial charge in [0.1, 0.15) is 0 Å². The highest BCUT2D eigenvalue weighted by molar-refractivity contribution is 6.05. The number of ketones is 1. The summed E-state index contributed by atoms with van der Waals surface area (Å²) in [6, 6.07) is 13.8. The number of rotatable bonds is 5. The van der Waals surface area contributed by atoms with E-state index in [1.165, 1.54) is 5.56 Å². The van der Waals surface area contributed by atoms with Crippen LogP contribution in [0.3, 0.4) is 0 Å². The summed E-state index contributed by atoms with van der Waals surface area (Å²) in [6.45, 7) is 3.97. The predicted molar refractivity (Wildman–Crippen MR) is 104 cm³/mol. The molecule has 1 aliphatic heterocycles. The number of carbonyl (C=O) groups excluding carboxylic acids is 2. The molecule has 2 aromatic carbocycles. The summed E-state index contributed by atoms with van der Waals surface area (Å²) >= 11 is 0. The Morgan fingerprint density at radius 1 is 1.19 bits per heavy atom. The molecule has 1 fully saturated rings. The second-order valence-corrected chi connectivity index (χ2v) is 7.56. The lowest BCUT2D eigenvalue weighted by Gasteiger charge is -2.26. The third kappa shape index (κ3) is 3.81. The van der Waals surface area contributed by atoms with Gasteiger partial charge >= 0.3 is 0 Å². The van der Waals surface area contributed by atoms with E-state index in [4.69, 9.17) is 4.74 Å². The Morgan fingerprint density at radius 2 is 2.04 bits per heavy atom. The summed E-state index contributed by atoms with van der Waals surface area (Å²) in [7, 11) is 0. The number of amides is 1. The molecule has 0 radical (unpaired) electrons. The number of aryl methyl sites for hydroxylation is 1. The molecule has 0 bridgehead atoms. The molecule has 0 N–H and O–H groups in total. The van der Waals surface area contributed by atoms with Crippen LogP contribution in [-0.2, 0) is 17.7 Å². The lowest BCUT2D eigenvalue weighted by molar-refractivity contribution is 0.0506. The molecule has 27 heavy (non-hydrogen) atoms. The van der Waals surface area contributed by atoms with Crippen LogP contribution in [0.5, 0.6) is 0 Å². The second-order valence-electron chi connectivity index (χ2n) is 7.56. The molecule has 4 nitrogen and oxygen atoms in total. The molecule has 2 aliphatic rings. The number of nitrogens with zero attached hydrogens (tertiary/aromatic N) is 1. The van der Waals surface area contributed by atoms with Crippen molar-refractivity contribution in [3.05, 3.63) is 70.3 Å². The summed E-state index contributed by atoms with van der Waals surface area (Å²) in [5.41, 5.74) is 4.60. The fraction of sp³-hybridized carbons (Fsp3) is 0.391. The van der Waals surface area contributed by atoms with Crippen molar-refractivity contribution in [3.63, 3.8) is 0 Å². The number of benzene rings is 2. The first kappa shape index (κ1) is 17.9. The van der Waals surface area contributed by atoms with E-state index >= 15 is 0 Å². The van der Waals surface area contributed by atoms with Crippen molar-refractivity contribution in [2.24, 2.45) is 0 Å². The Morgan fingerprint density at radius 3 is 2.81 bits per heavy atom. The van der Waals surface area contributed by atoms with Crippen LogP contribution < -0.4 is 0 Å². The Balaban J connectivity index is 1.63. The Hall–Kier alpha value is -2.46. The van der Waals surface area contributed by atoms with Crippen molar-refractivity contribution in [1.82, 2.24) is 4.90 Å². The monoisotopic (exact) mass is 363 g/mol. The maximum atomic E-state index is 13.4. The SMILES string of the molecule is Cc1cccc(CN(CC2CCCO2)C(=O)c2cccc3c2CCC3=O)c1. The molecule has 0 aromatic heterocycles. The van der Waals surface area contributed by atoms with Crippen LogP contribution in [0.25, 0.3) is 0 Å². The highest BCUT2D eigenvalue weighted by Crippen LogP contribution is 2.27. The van der Waals surface area contributed by atoms with Crippen LogP contribution in [0, 0.1) is 6.92 Å². The molecule has 1 amide bonds. The zero-order valence-corrected chi connectivity index (χ0v) is 15.7. The van der Waals surface area contributed by atoms with Crippen molar-refractivity contribution >= 4 is 11.7 Å². The molecule has 2 aromatic rings. The zero-order chi connectivity index (χ0) is 18.8. The number of hydrogen-bond acceptors (Lipinski definition) is 3. The van der Waals surface area contributed by atoms with Gasteiger partial charge < -0.3 is 9.64 Å². The van der Waals surface area contributed by atoms with Crippen LogP contribution >= 0.6 is 0 Å². The summed E-state index contributed by atoms with van der Waals surface area (Å²) in [4.78, 5) is 27.4. The van der Waals surface area contributed by atoms with E-state index < -0.39 is 0 Å². The molecule has 1 atom stereocenters. The number of carbonyl (C=O) groups is 2. The fourth-order valence-electron chi connectivity index (χ4n) is 4.15. The number of fused-ring (bicyclic) bond motifs is 1. The normalized spacial score (nSPS) is 18.6. The topological polar surface area (TPSA) is 46.6 Å². The molecule has 1 saturated heterocycles. The molecule has 1 heterocycles. The second kappa shape index (κ2) is 7.65. The molecular formula is C23H25NO3. The lowest BCUT2D eigenvalue weighted by atomic mass is 10.0. The van der Waals surface area contributed by atoms with Gasteiger partial charge in [-0.25, -0.2) is 0 Å². The van der Waals surface area contributed by atoms with Gasteiger partial charge in [-0.3, -0.25) is 9.59 Å². The van der Waals surface area contributed by atoms with Crippen molar-refractivity contribution in [2.75, 3.05) is 13.2 Å². The standard InChI is InChI=1S/C23H25NO3/c1-16-5-2-6-17(13-16)14-24(15-18-7-4-12-27-18)23(26)21-9-3-8-20-19(21)10-11-22(20)25/h2-3,5-6,8-9,13,18H,4,7,10-12,14-15H2,1H3. The molecule has 0 saturated carbocycles. The molecule has 1 aliphatic carbocycles. The van der Waals surface area contributed by atoms with Crippen LogP contribution in [0.2, 0.25) is 0 Å². The van der Waals surface area contributed by atoms with Crippen molar-refractivity contribution in [2.45, 2.75) is 45.3 Å². The van der Waals surface area contributed by atoms with Crippen LogP contribution in [0.4, 0.5) is 0 Å². The average molecular weight is 363 g/mol. The lowest BCUT2D eigenvalue weighted by Crippen LogP contribution is -2.37. The van der Waals surface area contributed by atoms with E-state index in [1.807, 2.05) is 29.2 Å². The van der Waals surface area contributed by atoms with E-state index in [1.54, 1.807) is 0 Å². The van der Waals surface area contributed by atoms with Crippen LogP contribution in [-0.4, -0.2) is 35.8 Å². The highest BCUT2D eigenvalue weighted by Gasteiger charge is 2.29. The van der Waals surface area contributed by atoms with Gasteiger partial charge in [0.05, 0.1) is 6.10 Å². The molecule has 140 valence electrons. The minimum atomic E-state index is -0.00134. The van der Waals surface area contributed by atoms with Crippen LogP contribution in [0.1, 0.15) is 56.7 Å². The number of hydrogen-bond donors (Lipinski definition) is 0. The van der Waals surface area contributed by atoms with Gasteiger partial charge in [0.2, 0.25) is 0 Å². The van der Waals surface area contributed by atoms with Crippen LogP contribution in [0.15, 0.2) is 42.5 Å². The average Bonchev–Trinajstić information content (AvgIpc) is 3.31. The van der Waals surface area contributed by atoms with E-state index in [2.05, 4.69) is 25.1 Å². The maximum Gasteiger partial charge on any atom is 0.254 e. The first-order chi connectivity index (χ1) is 13.1. The van der Waals surface area contributed by atoms with Gasteiger partial charge in [-0.2, -0.15) is 0 Å². The van der Waals surface area contributed by atoms with E-state index in [-0.39, 0.29) is 17.8 Å². The largest absolute Gasteiger partial charge is 0.376 e. The molecule has 0 spiro atoms. The quantitative estimate of drug-likeness (QED) is 0.808. The molecule has 1 unspecified atom stereocenters. The fourth-order valence-corrected chi connectivity index (χ4v) is 4.15. The Kier molecular flexibility index (Phi) is 5.08. The molecule has 4 rings (SSSR count). The molecular weight excluding hydrogens is 338 g/mol. The summed E-state index contributed by atoms with van der Waals surface area (Å²) in [6.07, 6.45) is 3.30. The summed E-state index contributed by atoms with van der Waals surface area (Å²) < 4.78 is 5.79. The number of Topliss-reactive ketones (excluding diaryl/α,β-unsaturated/α-hetero) is 1. The minimum Gasteiger partial charge on any atom is -0.376 e. The van der Waals surface area contributed by atoms with Crippen molar-refractivity contribution < 1.29 is 14.3 Å². The Labute approximate surface area is 160 Å². The van der Waals surface area contributed by atoms with Gasteiger partial charge in [-0.05, 0) is 43.4 Å². The first-order valence-corrected chi connectivity index (χ1v) is 9.73. The van der Waals surface area contributed by atoms with Gasteiger partial charge in [0, 0.05) is 37.2 Å². The number of ether oxygens (including phenoxy) is 1. The third-order valence-electron chi connectivity index (χ3n) is 5.50. The Bertz CT molecular complexity index is 868. The third-order valence-corrected chi connectivity index (χ3v) is 5.50. The molecule has 4 heteroatoms. The summed E-state index contributed by atoms with van der Waals surface area (Å²) in [5.74, 6) is 0.141. The van der Waals surface area contributed by atoms with Crippen molar-refractivity contribution in [3.8, 4) is 0 Å².